The number of nitrogens with one attached hydrogen (secondary N) is 1. The smallest absolute Gasteiger partial charge is 0.0459 e. The Kier molecular flexibility index (Phi) is 2.70. The Morgan fingerprint density at radius 2 is 2.24 bits per heavy atom. The number of hydrogen-bond donors (Lipinski definition) is 1. The monoisotopic (exact) mass is 227 g/mol. The van der Waals surface area contributed by atoms with Gasteiger partial charge in [0, 0.05) is 17.1 Å². The van der Waals surface area contributed by atoms with Crippen molar-refractivity contribution in [3.8, 4) is 0 Å². The predicted molar refractivity (Wildman–Crippen MR) is 73.4 cm³/mol. The molecule has 3 rings (SSSR count). The normalized spacial score (nSPS) is 23.2. The molecule has 0 saturated carbocycles. The quantitative estimate of drug-likeness (QED) is 0.786. The van der Waals surface area contributed by atoms with Crippen LogP contribution in [0, 0.1) is 5.92 Å². The van der Waals surface area contributed by atoms with Crippen molar-refractivity contribution in [2.45, 2.75) is 45.4 Å². The fraction of sp³-hybridized carbons (Fsp3) is 0.500. The molecule has 1 heteroatoms. The standard InChI is InChI=1S/C16H21N/c1-3-4-6-13-11(2)9-12-10-17-15-8-5-7-14(13)16(12)15/h5,7-8,10-11,13,17H,3-4,6,9H2,1-2H3/t11-,13+/m1/s1. The Morgan fingerprint density at radius 1 is 1.35 bits per heavy atom. The van der Waals surface area contributed by atoms with E-state index in [1.807, 2.05) is 0 Å². The Bertz CT molecular complexity index is 523. The maximum atomic E-state index is 3.42. The van der Waals surface area contributed by atoms with E-state index in [4.69, 9.17) is 0 Å². The Balaban J connectivity index is 2.09. The van der Waals surface area contributed by atoms with E-state index < -0.39 is 0 Å². The molecule has 17 heavy (non-hydrogen) atoms. The lowest BCUT2D eigenvalue weighted by Crippen LogP contribution is -2.17. The lowest BCUT2D eigenvalue weighted by atomic mass is 9.74. The van der Waals surface area contributed by atoms with Crippen LogP contribution in [0.4, 0.5) is 0 Å². The molecule has 1 aromatic carbocycles. The fourth-order valence-corrected chi connectivity index (χ4v) is 3.42. The summed E-state index contributed by atoms with van der Waals surface area (Å²) in [4.78, 5) is 3.42. The van der Waals surface area contributed by atoms with Crippen LogP contribution in [0.5, 0.6) is 0 Å². The van der Waals surface area contributed by atoms with Gasteiger partial charge in [0.25, 0.3) is 0 Å². The molecule has 90 valence electrons. The third-order valence-corrected chi connectivity index (χ3v) is 4.32. The second-order valence-electron chi connectivity index (χ2n) is 5.51. The van der Waals surface area contributed by atoms with Crippen molar-refractivity contribution in [3.63, 3.8) is 0 Å². The molecule has 0 amide bonds. The summed E-state index contributed by atoms with van der Waals surface area (Å²) >= 11 is 0. The molecule has 1 nitrogen and oxygen atoms in total. The van der Waals surface area contributed by atoms with Crippen LogP contribution in [-0.2, 0) is 6.42 Å². The van der Waals surface area contributed by atoms with Crippen molar-refractivity contribution in [2.75, 3.05) is 0 Å². The Labute approximate surface area is 103 Å². The largest absolute Gasteiger partial charge is 0.361 e. The van der Waals surface area contributed by atoms with E-state index in [1.165, 1.54) is 42.1 Å². The van der Waals surface area contributed by atoms with Crippen molar-refractivity contribution in [1.82, 2.24) is 4.98 Å². The summed E-state index contributed by atoms with van der Waals surface area (Å²) in [7, 11) is 0. The van der Waals surface area contributed by atoms with Gasteiger partial charge in [0.2, 0.25) is 0 Å². The molecule has 0 spiro atoms. The summed E-state index contributed by atoms with van der Waals surface area (Å²) in [6, 6.07) is 6.75. The lowest BCUT2D eigenvalue weighted by Gasteiger charge is -2.29. The van der Waals surface area contributed by atoms with Gasteiger partial charge in [-0.25, -0.2) is 0 Å². The number of aromatic nitrogens is 1. The predicted octanol–water partition coefficient (Wildman–Crippen LogP) is 4.63. The highest BCUT2D eigenvalue weighted by Crippen LogP contribution is 2.42. The van der Waals surface area contributed by atoms with E-state index in [2.05, 4.69) is 43.2 Å². The Hall–Kier alpha value is -1.24. The third kappa shape index (κ3) is 1.69. The van der Waals surface area contributed by atoms with Gasteiger partial charge >= 0.3 is 0 Å². The van der Waals surface area contributed by atoms with Gasteiger partial charge < -0.3 is 4.98 Å². The number of aromatic amines is 1. The summed E-state index contributed by atoms with van der Waals surface area (Å²) in [5.41, 5.74) is 4.44. The summed E-state index contributed by atoms with van der Waals surface area (Å²) in [6.07, 6.45) is 7.46. The molecular formula is C16H21N. The molecule has 0 saturated heterocycles. The first kappa shape index (κ1) is 10.9. The van der Waals surface area contributed by atoms with Gasteiger partial charge in [-0.05, 0) is 41.9 Å². The van der Waals surface area contributed by atoms with Crippen LogP contribution >= 0.6 is 0 Å². The number of unbranched alkanes of at least 4 members (excludes halogenated alkanes) is 1. The zero-order valence-corrected chi connectivity index (χ0v) is 10.8. The van der Waals surface area contributed by atoms with E-state index in [0.29, 0.717) is 0 Å². The van der Waals surface area contributed by atoms with Crippen LogP contribution in [0.1, 0.15) is 50.2 Å². The first-order chi connectivity index (χ1) is 8.31. The van der Waals surface area contributed by atoms with Crippen LogP contribution < -0.4 is 0 Å². The van der Waals surface area contributed by atoms with Gasteiger partial charge in [-0.1, -0.05) is 38.8 Å². The molecule has 0 fully saturated rings. The van der Waals surface area contributed by atoms with E-state index in [9.17, 15) is 0 Å². The van der Waals surface area contributed by atoms with Gasteiger partial charge in [-0.2, -0.15) is 0 Å². The second-order valence-corrected chi connectivity index (χ2v) is 5.51. The van der Waals surface area contributed by atoms with Crippen LogP contribution in [0.2, 0.25) is 0 Å². The molecule has 0 radical (unpaired) electrons. The lowest BCUT2D eigenvalue weighted by molar-refractivity contribution is 0.415. The third-order valence-electron chi connectivity index (χ3n) is 4.32. The van der Waals surface area contributed by atoms with Crippen LogP contribution in [-0.4, -0.2) is 4.98 Å². The highest BCUT2D eigenvalue weighted by molar-refractivity contribution is 5.88. The number of benzene rings is 1. The summed E-state index contributed by atoms with van der Waals surface area (Å²) in [5, 5.41) is 1.52. The summed E-state index contributed by atoms with van der Waals surface area (Å²) in [5.74, 6) is 1.55. The minimum atomic E-state index is 0.766. The van der Waals surface area contributed by atoms with E-state index in [-0.39, 0.29) is 0 Å². The average molecular weight is 227 g/mol. The van der Waals surface area contributed by atoms with Crippen LogP contribution in [0.3, 0.4) is 0 Å². The maximum Gasteiger partial charge on any atom is 0.0459 e. The topological polar surface area (TPSA) is 15.8 Å². The molecule has 0 bridgehead atoms. The summed E-state index contributed by atoms with van der Waals surface area (Å²) in [6.45, 7) is 4.70. The molecule has 1 N–H and O–H groups in total. The van der Waals surface area contributed by atoms with Crippen LogP contribution in [0.25, 0.3) is 10.9 Å². The van der Waals surface area contributed by atoms with Gasteiger partial charge in [-0.3, -0.25) is 0 Å². The molecule has 2 aromatic rings. The average Bonchev–Trinajstić information content (AvgIpc) is 2.74. The first-order valence-corrected chi connectivity index (χ1v) is 6.90. The Morgan fingerprint density at radius 3 is 3.06 bits per heavy atom. The maximum absolute atomic E-state index is 3.42. The van der Waals surface area contributed by atoms with Crippen molar-refractivity contribution in [2.24, 2.45) is 5.92 Å². The summed E-state index contributed by atoms with van der Waals surface area (Å²) < 4.78 is 0. The van der Waals surface area contributed by atoms with E-state index in [0.717, 1.165) is 11.8 Å². The number of H-pyrrole nitrogens is 1. The molecule has 1 aliphatic rings. The SMILES string of the molecule is CCCC[C@@H]1c2cccc3[nH]cc(c23)C[C@H]1C. The molecule has 0 unspecified atom stereocenters. The zero-order valence-electron chi connectivity index (χ0n) is 10.8. The first-order valence-electron chi connectivity index (χ1n) is 6.90. The molecule has 1 heterocycles. The van der Waals surface area contributed by atoms with Gasteiger partial charge in [-0.15, -0.1) is 0 Å². The molecule has 1 aromatic heterocycles. The van der Waals surface area contributed by atoms with Crippen LogP contribution in [0.15, 0.2) is 24.4 Å². The molecule has 1 aliphatic carbocycles. The highest BCUT2D eigenvalue weighted by Gasteiger charge is 2.27. The van der Waals surface area contributed by atoms with Crippen molar-refractivity contribution < 1.29 is 0 Å². The number of hydrogen-bond acceptors (Lipinski definition) is 0. The highest BCUT2D eigenvalue weighted by atomic mass is 14.7. The minimum Gasteiger partial charge on any atom is -0.361 e. The van der Waals surface area contributed by atoms with Crippen molar-refractivity contribution in [3.05, 3.63) is 35.5 Å². The second kappa shape index (κ2) is 4.21. The number of rotatable bonds is 3. The van der Waals surface area contributed by atoms with Crippen molar-refractivity contribution in [1.29, 1.82) is 0 Å². The minimum absolute atomic E-state index is 0.766. The van der Waals surface area contributed by atoms with Gasteiger partial charge in [0.05, 0.1) is 0 Å². The van der Waals surface area contributed by atoms with Gasteiger partial charge in [0.1, 0.15) is 0 Å². The van der Waals surface area contributed by atoms with E-state index >= 15 is 0 Å². The fourth-order valence-electron chi connectivity index (χ4n) is 3.42. The molecule has 0 aliphatic heterocycles. The molecule has 2 atom stereocenters. The zero-order chi connectivity index (χ0) is 11.8. The van der Waals surface area contributed by atoms with E-state index in [1.54, 1.807) is 5.56 Å². The van der Waals surface area contributed by atoms with Gasteiger partial charge in [0.15, 0.2) is 0 Å². The molecular weight excluding hydrogens is 206 g/mol. The van der Waals surface area contributed by atoms with Crippen molar-refractivity contribution >= 4 is 10.9 Å².